The normalized spacial score (nSPS) is 14.7. The highest BCUT2D eigenvalue weighted by Gasteiger charge is 2.13. The van der Waals surface area contributed by atoms with Gasteiger partial charge in [0.05, 0.1) is 0 Å². The standard InChI is InChI=1S/C14H15FN2/c1-10-8-11(2-4-13(10)15)14-5-3-12-9-16-6-7-17(12)14/h2-5,8,16H,6-7,9H2,1H3. The summed E-state index contributed by atoms with van der Waals surface area (Å²) in [5, 5.41) is 3.35. The molecule has 88 valence electrons. The fourth-order valence-corrected chi connectivity index (χ4v) is 2.39. The first-order chi connectivity index (χ1) is 8.25. The Balaban J connectivity index is 2.09. The van der Waals surface area contributed by atoms with Crippen LogP contribution in [0.15, 0.2) is 30.3 Å². The third kappa shape index (κ3) is 1.76. The minimum atomic E-state index is -0.138. The van der Waals surface area contributed by atoms with Crippen LogP contribution in [-0.4, -0.2) is 11.1 Å². The van der Waals surface area contributed by atoms with Crippen LogP contribution < -0.4 is 5.32 Å². The molecule has 3 heteroatoms. The van der Waals surface area contributed by atoms with Gasteiger partial charge in [-0.3, -0.25) is 0 Å². The molecule has 1 aliphatic heterocycles. The molecule has 0 saturated heterocycles. The Labute approximate surface area is 100 Å². The molecule has 0 spiro atoms. The first-order valence-corrected chi connectivity index (χ1v) is 5.91. The summed E-state index contributed by atoms with van der Waals surface area (Å²) in [4.78, 5) is 0. The Morgan fingerprint density at radius 1 is 1.24 bits per heavy atom. The fourth-order valence-electron chi connectivity index (χ4n) is 2.39. The van der Waals surface area contributed by atoms with Crippen LogP contribution in [0.3, 0.4) is 0 Å². The van der Waals surface area contributed by atoms with Crippen molar-refractivity contribution in [3.63, 3.8) is 0 Å². The maximum atomic E-state index is 13.3. The van der Waals surface area contributed by atoms with E-state index in [2.05, 4.69) is 22.0 Å². The van der Waals surface area contributed by atoms with Crippen molar-refractivity contribution < 1.29 is 4.39 Å². The van der Waals surface area contributed by atoms with Gasteiger partial charge in [-0.25, -0.2) is 4.39 Å². The molecule has 1 N–H and O–H groups in total. The van der Waals surface area contributed by atoms with Gasteiger partial charge in [-0.15, -0.1) is 0 Å². The lowest BCUT2D eigenvalue weighted by Crippen LogP contribution is -2.27. The first-order valence-electron chi connectivity index (χ1n) is 5.91. The summed E-state index contributed by atoms with van der Waals surface area (Å²) >= 11 is 0. The van der Waals surface area contributed by atoms with Gasteiger partial charge in [-0.1, -0.05) is 0 Å². The maximum Gasteiger partial charge on any atom is 0.126 e. The highest BCUT2D eigenvalue weighted by Crippen LogP contribution is 2.25. The second-order valence-corrected chi connectivity index (χ2v) is 4.50. The van der Waals surface area contributed by atoms with Crippen LogP contribution in [0.2, 0.25) is 0 Å². The minimum Gasteiger partial charge on any atom is -0.342 e. The van der Waals surface area contributed by atoms with E-state index in [1.165, 1.54) is 11.4 Å². The van der Waals surface area contributed by atoms with Crippen molar-refractivity contribution in [1.29, 1.82) is 0 Å². The first kappa shape index (κ1) is 10.5. The number of hydrogen-bond donors (Lipinski definition) is 1. The van der Waals surface area contributed by atoms with Crippen LogP contribution in [0.1, 0.15) is 11.3 Å². The summed E-state index contributed by atoms with van der Waals surface area (Å²) in [6, 6.07) is 9.58. The van der Waals surface area contributed by atoms with Gasteiger partial charge in [-0.05, 0) is 48.4 Å². The number of halogens is 1. The second kappa shape index (κ2) is 4.00. The lowest BCUT2D eigenvalue weighted by molar-refractivity contribution is 0.520. The summed E-state index contributed by atoms with van der Waals surface area (Å²) in [5.41, 5.74) is 4.28. The molecule has 3 rings (SSSR count). The smallest absolute Gasteiger partial charge is 0.126 e. The molecule has 0 aliphatic carbocycles. The molecule has 2 heterocycles. The average Bonchev–Trinajstić information content (AvgIpc) is 2.76. The topological polar surface area (TPSA) is 17.0 Å². The molecular formula is C14H15FN2. The van der Waals surface area contributed by atoms with Gasteiger partial charge in [0.2, 0.25) is 0 Å². The quantitative estimate of drug-likeness (QED) is 0.797. The molecule has 1 aromatic carbocycles. The monoisotopic (exact) mass is 230 g/mol. The van der Waals surface area contributed by atoms with Crippen molar-refractivity contribution in [2.24, 2.45) is 0 Å². The van der Waals surface area contributed by atoms with Gasteiger partial charge in [0.25, 0.3) is 0 Å². The minimum absolute atomic E-state index is 0.138. The van der Waals surface area contributed by atoms with Crippen LogP contribution in [0, 0.1) is 12.7 Å². The van der Waals surface area contributed by atoms with E-state index in [4.69, 9.17) is 0 Å². The molecule has 0 radical (unpaired) electrons. The molecular weight excluding hydrogens is 215 g/mol. The number of aryl methyl sites for hydroxylation is 1. The predicted molar refractivity (Wildman–Crippen MR) is 66.3 cm³/mol. The number of aromatic nitrogens is 1. The largest absolute Gasteiger partial charge is 0.342 e. The summed E-state index contributed by atoms with van der Waals surface area (Å²) in [6.07, 6.45) is 0. The van der Waals surface area contributed by atoms with Gasteiger partial charge in [0, 0.05) is 31.0 Å². The maximum absolute atomic E-state index is 13.3. The number of benzene rings is 1. The second-order valence-electron chi connectivity index (χ2n) is 4.50. The van der Waals surface area contributed by atoms with Crippen molar-refractivity contribution in [2.75, 3.05) is 6.54 Å². The highest BCUT2D eigenvalue weighted by atomic mass is 19.1. The van der Waals surface area contributed by atoms with Crippen LogP contribution in [0.25, 0.3) is 11.3 Å². The number of rotatable bonds is 1. The van der Waals surface area contributed by atoms with E-state index in [-0.39, 0.29) is 5.82 Å². The van der Waals surface area contributed by atoms with E-state index < -0.39 is 0 Å². The molecule has 2 nitrogen and oxygen atoms in total. The Bertz CT molecular complexity index is 557. The van der Waals surface area contributed by atoms with E-state index in [1.54, 1.807) is 13.0 Å². The molecule has 0 bridgehead atoms. The summed E-state index contributed by atoms with van der Waals surface area (Å²) in [5.74, 6) is -0.138. The third-order valence-corrected chi connectivity index (χ3v) is 3.34. The summed E-state index contributed by atoms with van der Waals surface area (Å²) < 4.78 is 15.6. The van der Waals surface area contributed by atoms with Gasteiger partial charge < -0.3 is 9.88 Å². The van der Waals surface area contributed by atoms with Gasteiger partial charge >= 0.3 is 0 Å². The molecule has 17 heavy (non-hydrogen) atoms. The molecule has 0 unspecified atom stereocenters. The van der Waals surface area contributed by atoms with Crippen molar-refractivity contribution in [3.8, 4) is 11.3 Å². The van der Waals surface area contributed by atoms with Crippen molar-refractivity contribution in [2.45, 2.75) is 20.0 Å². The molecule has 0 saturated carbocycles. The number of nitrogens with zero attached hydrogens (tertiary/aromatic N) is 1. The van der Waals surface area contributed by atoms with E-state index >= 15 is 0 Å². The summed E-state index contributed by atoms with van der Waals surface area (Å²) in [7, 11) is 0. The number of nitrogens with one attached hydrogen (secondary N) is 1. The van der Waals surface area contributed by atoms with Crippen LogP contribution in [0.5, 0.6) is 0 Å². The molecule has 0 amide bonds. The lowest BCUT2D eigenvalue weighted by Gasteiger charge is -2.19. The molecule has 0 atom stereocenters. The Kier molecular flexibility index (Phi) is 2.48. The van der Waals surface area contributed by atoms with Crippen molar-refractivity contribution >= 4 is 0 Å². The van der Waals surface area contributed by atoms with Crippen molar-refractivity contribution in [1.82, 2.24) is 9.88 Å². The van der Waals surface area contributed by atoms with E-state index in [9.17, 15) is 4.39 Å². The Morgan fingerprint density at radius 3 is 2.94 bits per heavy atom. The average molecular weight is 230 g/mol. The lowest BCUT2D eigenvalue weighted by atomic mass is 10.1. The summed E-state index contributed by atoms with van der Waals surface area (Å²) in [6.45, 7) is 4.70. The van der Waals surface area contributed by atoms with Crippen LogP contribution in [-0.2, 0) is 13.1 Å². The predicted octanol–water partition coefficient (Wildman–Crippen LogP) is 2.71. The van der Waals surface area contributed by atoms with Gasteiger partial charge in [-0.2, -0.15) is 0 Å². The molecule has 1 aromatic heterocycles. The third-order valence-electron chi connectivity index (χ3n) is 3.34. The SMILES string of the molecule is Cc1cc(-c2ccc3n2CCNC3)ccc1F. The van der Waals surface area contributed by atoms with Gasteiger partial charge in [0.1, 0.15) is 5.82 Å². The zero-order valence-corrected chi connectivity index (χ0v) is 9.83. The van der Waals surface area contributed by atoms with E-state index in [1.807, 2.05) is 12.1 Å². The van der Waals surface area contributed by atoms with Gasteiger partial charge in [0.15, 0.2) is 0 Å². The number of hydrogen-bond acceptors (Lipinski definition) is 1. The molecule has 2 aromatic rings. The van der Waals surface area contributed by atoms with Crippen LogP contribution >= 0.6 is 0 Å². The molecule has 1 aliphatic rings. The fraction of sp³-hybridized carbons (Fsp3) is 0.286. The highest BCUT2D eigenvalue weighted by molar-refractivity contribution is 5.62. The van der Waals surface area contributed by atoms with E-state index in [0.717, 1.165) is 25.2 Å². The Morgan fingerprint density at radius 2 is 2.12 bits per heavy atom. The number of fused-ring (bicyclic) bond motifs is 1. The zero-order valence-electron chi connectivity index (χ0n) is 9.83. The zero-order chi connectivity index (χ0) is 11.8. The van der Waals surface area contributed by atoms with Crippen molar-refractivity contribution in [3.05, 3.63) is 47.4 Å². The van der Waals surface area contributed by atoms with Crippen LogP contribution in [0.4, 0.5) is 4.39 Å². The molecule has 0 fully saturated rings. The Hall–Kier alpha value is -1.61. The van der Waals surface area contributed by atoms with E-state index in [0.29, 0.717) is 5.56 Å².